The van der Waals surface area contributed by atoms with E-state index in [2.05, 4.69) is 20.2 Å². The van der Waals surface area contributed by atoms with Gasteiger partial charge in [-0.1, -0.05) is 12.1 Å². The van der Waals surface area contributed by atoms with E-state index >= 15 is 0 Å². The molecule has 1 saturated heterocycles. The maximum atomic E-state index is 12.2. The average molecular weight is 448 g/mol. The molecule has 1 fully saturated rings. The van der Waals surface area contributed by atoms with Gasteiger partial charge in [-0.2, -0.15) is 0 Å². The number of fused-ring (bicyclic) bond motifs is 1. The first-order valence-corrected chi connectivity index (χ1v) is 11.3. The van der Waals surface area contributed by atoms with Crippen LogP contribution < -0.4 is 11.1 Å². The molecule has 7 heteroatoms. The van der Waals surface area contributed by atoms with Crippen molar-refractivity contribution in [3.63, 3.8) is 0 Å². The summed E-state index contributed by atoms with van der Waals surface area (Å²) >= 11 is 0. The van der Waals surface area contributed by atoms with Crippen LogP contribution in [0, 0.1) is 5.92 Å². The largest absolute Gasteiger partial charge is 0.398 e. The quantitative estimate of drug-likeness (QED) is 0.465. The van der Waals surface area contributed by atoms with Gasteiger partial charge < -0.3 is 11.1 Å². The Kier molecular flexibility index (Phi) is 8.11. The first-order valence-electron chi connectivity index (χ1n) is 11.3. The summed E-state index contributed by atoms with van der Waals surface area (Å²) in [5.74, 6) is 0.228. The molecule has 3 aromatic rings. The van der Waals surface area contributed by atoms with Crippen LogP contribution in [0.5, 0.6) is 0 Å². The SMILES string of the molecule is CC(C)(C)NC(=O)C1CCN(Cc2cccc(N)c2C=O)CC1.c1cnc2ncccc2c1. The molecular formula is C26H33N5O2. The van der Waals surface area contributed by atoms with Crippen molar-refractivity contribution in [3.8, 4) is 0 Å². The van der Waals surface area contributed by atoms with Crippen LogP contribution in [0.3, 0.4) is 0 Å². The second-order valence-electron chi connectivity index (χ2n) is 9.38. The van der Waals surface area contributed by atoms with Crippen LogP contribution in [-0.4, -0.2) is 45.7 Å². The highest BCUT2D eigenvalue weighted by Gasteiger charge is 2.27. The van der Waals surface area contributed by atoms with Crippen molar-refractivity contribution in [2.75, 3.05) is 18.8 Å². The summed E-state index contributed by atoms with van der Waals surface area (Å²) in [5, 5.41) is 4.15. The fourth-order valence-corrected chi connectivity index (χ4v) is 3.89. The molecule has 33 heavy (non-hydrogen) atoms. The Hall–Kier alpha value is -3.32. The van der Waals surface area contributed by atoms with E-state index in [1.807, 2.05) is 57.2 Å². The molecule has 3 heterocycles. The molecule has 1 amide bonds. The predicted octanol–water partition coefficient (Wildman–Crippen LogP) is 3.84. The number of likely N-dealkylation sites (tertiary alicyclic amines) is 1. The molecular weight excluding hydrogens is 414 g/mol. The van der Waals surface area contributed by atoms with Gasteiger partial charge in [-0.15, -0.1) is 0 Å². The van der Waals surface area contributed by atoms with Crippen molar-refractivity contribution in [1.82, 2.24) is 20.2 Å². The van der Waals surface area contributed by atoms with Gasteiger partial charge in [0.2, 0.25) is 5.91 Å². The Balaban J connectivity index is 0.000000252. The smallest absolute Gasteiger partial charge is 0.223 e. The Morgan fingerprint density at radius 2 is 1.73 bits per heavy atom. The maximum Gasteiger partial charge on any atom is 0.223 e. The van der Waals surface area contributed by atoms with E-state index in [1.54, 1.807) is 18.5 Å². The highest BCUT2D eigenvalue weighted by atomic mass is 16.2. The number of nitrogen functional groups attached to an aromatic ring is 1. The number of amides is 1. The lowest BCUT2D eigenvalue weighted by molar-refractivity contribution is -0.127. The fraction of sp³-hybridized carbons (Fsp3) is 0.385. The minimum atomic E-state index is -0.186. The van der Waals surface area contributed by atoms with Crippen molar-refractivity contribution < 1.29 is 9.59 Å². The van der Waals surface area contributed by atoms with Crippen LogP contribution in [0.25, 0.3) is 11.0 Å². The van der Waals surface area contributed by atoms with Crippen molar-refractivity contribution in [3.05, 3.63) is 66.0 Å². The van der Waals surface area contributed by atoms with E-state index in [0.717, 1.165) is 48.8 Å². The van der Waals surface area contributed by atoms with Crippen LogP contribution in [-0.2, 0) is 11.3 Å². The van der Waals surface area contributed by atoms with Crippen LogP contribution in [0.2, 0.25) is 0 Å². The number of aldehydes is 1. The number of nitrogens with zero attached hydrogens (tertiary/aromatic N) is 3. The molecule has 0 unspecified atom stereocenters. The topological polar surface area (TPSA) is 101 Å². The lowest BCUT2D eigenvalue weighted by atomic mass is 9.94. The van der Waals surface area contributed by atoms with Gasteiger partial charge in [-0.05, 0) is 82.6 Å². The Labute approximate surface area is 195 Å². The summed E-state index contributed by atoms with van der Waals surface area (Å²) < 4.78 is 0. The second-order valence-corrected chi connectivity index (χ2v) is 9.38. The summed E-state index contributed by atoms with van der Waals surface area (Å²) in [6.45, 7) is 8.42. The number of aromatic nitrogens is 2. The molecule has 2 aromatic heterocycles. The van der Waals surface area contributed by atoms with Gasteiger partial charge in [0.1, 0.15) is 0 Å². The van der Waals surface area contributed by atoms with E-state index in [4.69, 9.17) is 5.73 Å². The number of hydrogen-bond donors (Lipinski definition) is 2. The van der Waals surface area contributed by atoms with Gasteiger partial charge in [0.25, 0.3) is 0 Å². The third-order valence-electron chi connectivity index (χ3n) is 5.57. The minimum Gasteiger partial charge on any atom is -0.398 e. The Bertz CT molecular complexity index is 1020. The zero-order chi connectivity index (χ0) is 23.8. The number of rotatable bonds is 4. The zero-order valence-electron chi connectivity index (χ0n) is 19.6. The van der Waals surface area contributed by atoms with Gasteiger partial charge in [-0.3, -0.25) is 14.5 Å². The number of nitrogens with one attached hydrogen (secondary N) is 1. The lowest BCUT2D eigenvalue weighted by Crippen LogP contribution is -2.46. The number of pyridine rings is 2. The molecule has 1 aliphatic rings. The lowest BCUT2D eigenvalue weighted by Gasteiger charge is -2.33. The molecule has 0 saturated carbocycles. The zero-order valence-corrected chi connectivity index (χ0v) is 19.6. The fourth-order valence-electron chi connectivity index (χ4n) is 3.89. The van der Waals surface area contributed by atoms with E-state index in [-0.39, 0.29) is 17.4 Å². The first kappa shape index (κ1) is 24.3. The molecule has 7 nitrogen and oxygen atoms in total. The van der Waals surface area contributed by atoms with E-state index in [9.17, 15) is 9.59 Å². The minimum absolute atomic E-state index is 0.0804. The Morgan fingerprint density at radius 3 is 2.27 bits per heavy atom. The van der Waals surface area contributed by atoms with Gasteiger partial charge in [0.05, 0.1) is 0 Å². The van der Waals surface area contributed by atoms with Crippen LogP contribution in [0.1, 0.15) is 49.5 Å². The highest BCUT2D eigenvalue weighted by Crippen LogP contribution is 2.22. The predicted molar refractivity (Wildman–Crippen MR) is 132 cm³/mol. The summed E-state index contributed by atoms with van der Waals surface area (Å²) in [6, 6.07) is 13.4. The van der Waals surface area contributed by atoms with Gasteiger partial charge in [0.15, 0.2) is 11.9 Å². The van der Waals surface area contributed by atoms with Gasteiger partial charge in [-0.25, -0.2) is 9.97 Å². The Morgan fingerprint density at radius 1 is 1.09 bits per heavy atom. The maximum absolute atomic E-state index is 12.2. The number of hydrogen-bond acceptors (Lipinski definition) is 6. The molecule has 0 atom stereocenters. The third-order valence-corrected chi connectivity index (χ3v) is 5.57. The molecule has 3 N–H and O–H groups in total. The number of piperidine rings is 1. The average Bonchev–Trinajstić information content (AvgIpc) is 2.79. The summed E-state index contributed by atoms with van der Waals surface area (Å²) in [5.41, 5.74) is 8.54. The van der Waals surface area contributed by atoms with Crippen LogP contribution >= 0.6 is 0 Å². The van der Waals surface area contributed by atoms with Crippen molar-refractivity contribution >= 4 is 28.9 Å². The number of benzene rings is 1. The molecule has 0 aliphatic carbocycles. The second kappa shape index (κ2) is 11.0. The highest BCUT2D eigenvalue weighted by molar-refractivity contribution is 5.85. The molecule has 4 rings (SSSR count). The van der Waals surface area contributed by atoms with Crippen molar-refractivity contribution in [1.29, 1.82) is 0 Å². The van der Waals surface area contributed by atoms with Gasteiger partial charge in [0, 0.05) is 47.0 Å². The summed E-state index contributed by atoms with van der Waals surface area (Å²) in [7, 11) is 0. The first-order chi connectivity index (χ1) is 15.8. The number of carbonyl (C=O) groups is 2. The van der Waals surface area contributed by atoms with Gasteiger partial charge >= 0.3 is 0 Å². The monoisotopic (exact) mass is 447 g/mol. The molecule has 174 valence electrons. The van der Waals surface area contributed by atoms with E-state index < -0.39 is 0 Å². The van der Waals surface area contributed by atoms with Crippen LogP contribution in [0.4, 0.5) is 5.69 Å². The van der Waals surface area contributed by atoms with Crippen LogP contribution in [0.15, 0.2) is 54.9 Å². The molecule has 1 aromatic carbocycles. The molecule has 0 bridgehead atoms. The van der Waals surface area contributed by atoms with Crippen molar-refractivity contribution in [2.24, 2.45) is 5.92 Å². The normalized spacial score (nSPS) is 14.9. The molecule has 0 radical (unpaired) electrons. The molecule has 1 aliphatic heterocycles. The van der Waals surface area contributed by atoms with E-state index in [0.29, 0.717) is 17.8 Å². The standard InChI is InChI=1S/C18H27N3O2.C8H6N2/c1-18(2,3)20-17(23)13-7-9-21(10-8-13)11-14-5-4-6-16(19)15(14)12-22;1-3-7-4-2-6-10-8(7)9-5-1/h4-6,12-13H,7-11,19H2,1-3H3,(H,20,23);1-6H. The summed E-state index contributed by atoms with van der Waals surface area (Å²) in [6.07, 6.45) is 6.01. The number of nitrogens with two attached hydrogens (primary N) is 1. The number of anilines is 1. The van der Waals surface area contributed by atoms with Crippen molar-refractivity contribution in [2.45, 2.75) is 45.7 Å². The summed E-state index contributed by atoms with van der Waals surface area (Å²) in [4.78, 5) is 33.9. The molecule has 0 spiro atoms. The third kappa shape index (κ3) is 7.08. The van der Waals surface area contributed by atoms with E-state index in [1.165, 1.54) is 0 Å². The number of carbonyl (C=O) groups excluding carboxylic acids is 2.